The fourth-order valence-electron chi connectivity index (χ4n) is 1.13. The van der Waals surface area contributed by atoms with E-state index in [1.165, 1.54) is 0 Å². The zero-order chi connectivity index (χ0) is 10.6. The molecule has 0 spiro atoms. The van der Waals surface area contributed by atoms with E-state index in [1.807, 2.05) is 19.1 Å². The number of rotatable bonds is 3. The van der Waals surface area contributed by atoms with Crippen LogP contribution in [0.2, 0.25) is 0 Å². The van der Waals surface area contributed by atoms with Crippen LogP contribution in [0, 0.1) is 0 Å². The van der Waals surface area contributed by atoms with Gasteiger partial charge in [-0.05, 0) is 25.1 Å². The molecule has 14 heavy (non-hydrogen) atoms. The smallest absolute Gasteiger partial charge is 0.251 e. The van der Waals surface area contributed by atoms with Crippen molar-refractivity contribution >= 4 is 11.6 Å². The van der Waals surface area contributed by atoms with Crippen LogP contribution in [0.1, 0.15) is 17.3 Å². The fourth-order valence-corrected chi connectivity index (χ4v) is 1.13. The third kappa shape index (κ3) is 2.62. The quantitative estimate of drug-likeness (QED) is 0.765. The summed E-state index contributed by atoms with van der Waals surface area (Å²) in [4.78, 5) is 11.3. The highest BCUT2D eigenvalue weighted by Gasteiger charge is 2.02. The van der Waals surface area contributed by atoms with Crippen molar-refractivity contribution in [3.8, 4) is 0 Å². The Morgan fingerprint density at radius 3 is 2.71 bits per heavy atom. The number of amides is 1. The Kier molecular flexibility index (Phi) is 3.29. The fraction of sp³-hybridized carbons (Fsp3) is 0.182. The molecule has 0 aromatic heterocycles. The Balaban J connectivity index is 2.89. The number of carbonyl (C=O) groups is 1. The third-order valence-corrected chi connectivity index (χ3v) is 1.71. The van der Waals surface area contributed by atoms with Crippen LogP contribution in [0.3, 0.4) is 0 Å². The van der Waals surface area contributed by atoms with Gasteiger partial charge in [0.05, 0.1) is 0 Å². The average molecular weight is 190 g/mol. The van der Waals surface area contributed by atoms with Gasteiger partial charge < -0.3 is 10.6 Å². The molecule has 0 bridgehead atoms. The normalized spacial score (nSPS) is 9.29. The van der Waals surface area contributed by atoms with E-state index in [2.05, 4.69) is 17.2 Å². The van der Waals surface area contributed by atoms with Crippen molar-refractivity contribution in [1.82, 2.24) is 5.32 Å². The average Bonchev–Trinajstić information content (AvgIpc) is 2.16. The lowest BCUT2D eigenvalue weighted by Gasteiger charge is -2.06. The van der Waals surface area contributed by atoms with Gasteiger partial charge in [-0.1, -0.05) is 12.6 Å². The molecule has 74 valence electrons. The first-order chi connectivity index (χ1) is 6.63. The van der Waals surface area contributed by atoms with Gasteiger partial charge in [0.25, 0.3) is 5.91 Å². The van der Waals surface area contributed by atoms with E-state index in [1.54, 1.807) is 19.2 Å². The number of hydrogen-bond donors (Lipinski definition) is 2. The maximum Gasteiger partial charge on any atom is 0.251 e. The van der Waals surface area contributed by atoms with Crippen LogP contribution >= 0.6 is 0 Å². The molecule has 2 N–H and O–H groups in total. The first kappa shape index (κ1) is 10.3. The molecule has 0 unspecified atom stereocenters. The van der Waals surface area contributed by atoms with Crippen molar-refractivity contribution in [3.63, 3.8) is 0 Å². The zero-order valence-electron chi connectivity index (χ0n) is 8.42. The summed E-state index contributed by atoms with van der Waals surface area (Å²) in [7, 11) is 1.61. The zero-order valence-corrected chi connectivity index (χ0v) is 8.42. The Morgan fingerprint density at radius 1 is 1.43 bits per heavy atom. The number of benzene rings is 1. The lowest BCUT2D eigenvalue weighted by molar-refractivity contribution is 0.0963. The van der Waals surface area contributed by atoms with Gasteiger partial charge in [-0.2, -0.15) is 0 Å². The standard InChI is InChI=1S/C11H14N2O/c1-8(2)13-10-6-4-5-9(7-10)11(14)12-3/h4-7,13H,1H2,2-3H3,(H,12,14). The van der Waals surface area contributed by atoms with Gasteiger partial charge in [-0.15, -0.1) is 0 Å². The van der Waals surface area contributed by atoms with Crippen molar-refractivity contribution in [1.29, 1.82) is 0 Å². The summed E-state index contributed by atoms with van der Waals surface area (Å²) >= 11 is 0. The maximum absolute atomic E-state index is 11.3. The van der Waals surface area contributed by atoms with Crippen molar-refractivity contribution in [2.24, 2.45) is 0 Å². The third-order valence-electron chi connectivity index (χ3n) is 1.71. The maximum atomic E-state index is 11.3. The summed E-state index contributed by atoms with van der Waals surface area (Å²) in [5, 5.41) is 5.62. The molecule has 3 nitrogen and oxygen atoms in total. The van der Waals surface area contributed by atoms with Crippen LogP contribution in [-0.2, 0) is 0 Å². The second-order valence-electron chi connectivity index (χ2n) is 3.07. The van der Waals surface area contributed by atoms with Gasteiger partial charge in [-0.25, -0.2) is 0 Å². The molecular formula is C11H14N2O. The molecule has 0 saturated heterocycles. The molecule has 1 aromatic carbocycles. The highest BCUT2D eigenvalue weighted by Crippen LogP contribution is 2.11. The highest BCUT2D eigenvalue weighted by molar-refractivity contribution is 5.94. The van der Waals surface area contributed by atoms with Crippen LogP contribution < -0.4 is 10.6 Å². The Hall–Kier alpha value is -1.77. The summed E-state index contributed by atoms with van der Waals surface area (Å²) in [6, 6.07) is 7.27. The topological polar surface area (TPSA) is 41.1 Å². The number of allylic oxidation sites excluding steroid dienone is 1. The van der Waals surface area contributed by atoms with Gasteiger partial charge in [-0.3, -0.25) is 4.79 Å². The van der Waals surface area contributed by atoms with Crippen LogP contribution in [0.15, 0.2) is 36.5 Å². The summed E-state index contributed by atoms with van der Waals surface area (Å²) in [6.45, 7) is 5.60. The molecule has 1 aromatic rings. The lowest BCUT2D eigenvalue weighted by Crippen LogP contribution is -2.17. The minimum absolute atomic E-state index is 0.0876. The molecular weight excluding hydrogens is 176 g/mol. The van der Waals surface area contributed by atoms with E-state index in [-0.39, 0.29) is 5.91 Å². The molecule has 0 atom stereocenters. The van der Waals surface area contributed by atoms with Crippen molar-refractivity contribution in [2.75, 3.05) is 12.4 Å². The molecule has 0 saturated carbocycles. The minimum atomic E-state index is -0.0876. The lowest BCUT2D eigenvalue weighted by atomic mass is 10.2. The number of nitrogens with one attached hydrogen (secondary N) is 2. The summed E-state index contributed by atoms with van der Waals surface area (Å²) in [6.07, 6.45) is 0. The number of carbonyl (C=O) groups excluding carboxylic acids is 1. The predicted octanol–water partition coefficient (Wildman–Crippen LogP) is 1.99. The van der Waals surface area contributed by atoms with E-state index < -0.39 is 0 Å². The van der Waals surface area contributed by atoms with E-state index >= 15 is 0 Å². The minimum Gasteiger partial charge on any atom is -0.360 e. The first-order valence-electron chi connectivity index (χ1n) is 4.38. The predicted molar refractivity (Wildman–Crippen MR) is 58.3 cm³/mol. The summed E-state index contributed by atoms with van der Waals surface area (Å²) in [5.74, 6) is -0.0876. The SMILES string of the molecule is C=C(C)Nc1cccc(C(=O)NC)c1. The molecule has 1 amide bonds. The Labute approximate surface area is 83.8 Å². The van der Waals surface area contributed by atoms with Gasteiger partial charge in [0, 0.05) is 24.0 Å². The second kappa shape index (κ2) is 4.46. The molecule has 3 heteroatoms. The molecule has 0 aliphatic heterocycles. The summed E-state index contributed by atoms with van der Waals surface area (Å²) in [5.41, 5.74) is 2.36. The largest absolute Gasteiger partial charge is 0.360 e. The number of anilines is 1. The van der Waals surface area contributed by atoms with Crippen molar-refractivity contribution in [2.45, 2.75) is 6.92 Å². The molecule has 0 aliphatic carbocycles. The van der Waals surface area contributed by atoms with E-state index in [4.69, 9.17) is 0 Å². The summed E-state index contributed by atoms with van der Waals surface area (Å²) < 4.78 is 0. The monoisotopic (exact) mass is 190 g/mol. The Morgan fingerprint density at radius 2 is 2.14 bits per heavy atom. The highest BCUT2D eigenvalue weighted by atomic mass is 16.1. The van der Waals surface area contributed by atoms with Gasteiger partial charge >= 0.3 is 0 Å². The van der Waals surface area contributed by atoms with Gasteiger partial charge in [0.1, 0.15) is 0 Å². The molecule has 0 heterocycles. The molecule has 1 rings (SSSR count). The van der Waals surface area contributed by atoms with E-state index in [0.29, 0.717) is 5.56 Å². The van der Waals surface area contributed by atoms with Crippen LogP contribution in [0.25, 0.3) is 0 Å². The molecule has 0 aliphatic rings. The van der Waals surface area contributed by atoms with Crippen molar-refractivity contribution < 1.29 is 4.79 Å². The van der Waals surface area contributed by atoms with Crippen LogP contribution in [0.4, 0.5) is 5.69 Å². The number of hydrogen-bond acceptors (Lipinski definition) is 2. The van der Waals surface area contributed by atoms with Crippen molar-refractivity contribution in [3.05, 3.63) is 42.1 Å². The van der Waals surface area contributed by atoms with Crippen LogP contribution in [0.5, 0.6) is 0 Å². The molecule has 0 radical (unpaired) electrons. The van der Waals surface area contributed by atoms with Gasteiger partial charge in [0.15, 0.2) is 0 Å². The van der Waals surface area contributed by atoms with E-state index in [9.17, 15) is 4.79 Å². The van der Waals surface area contributed by atoms with Gasteiger partial charge in [0.2, 0.25) is 0 Å². The first-order valence-corrected chi connectivity index (χ1v) is 4.38. The van der Waals surface area contributed by atoms with E-state index in [0.717, 1.165) is 11.4 Å². The molecule has 0 fully saturated rings. The Bertz CT molecular complexity index is 358. The second-order valence-corrected chi connectivity index (χ2v) is 3.07. The van der Waals surface area contributed by atoms with Crippen LogP contribution in [-0.4, -0.2) is 13.0 Å².